The molecule has 3 aliphatic rings. The lowest BCUT2D eigenvalue weighted by Crippen LogP contribution is -2.59. The minimum atomic E-state index is -0.588. The second-order valence-electron chi connectivity index (χ2n) is 5.33. The van der Waals surface area contributed by atoms with Crippen LogP contribution in [0.4, 0.5) is 0 Å². The molecular formula is C13H16N2O4S2. The number of methoxy groups -OCH3 is 1. The number of hydrogen-bond acceptors (Lipinski definition) is 7. The summed E-state index contributed by atoms with van der Waals surface area (Å²) in [7, 11) is 1.25. The number of hydrogen-bond donors (Lipinski definition) is 1. The van der Waals surface area contributed by atoms with Crippen molar-refractivity contribution in [3.63, 3.8) is 0 Å². The summed E-state index contributed by atoms with van der Waals surface area (Å²) in [5, 5.41) is 3.74. The predicted octanol–water partition coefficient (Wildman–Crippen LogP) is 0.746. The maximum atomic E-state index is 12.7. The number of imide groups is 1. The summed E-state index contributed by atoms with van der Waals surface area (Å²) in [6.45, 7) is 4.15. The van der Waals surface area contributed by atoms with Gasteiger partial charge in [-0.3, -0.25) is 19.8 Å². The van der Waals surface area contributed by atoms with Crippen LogP contribution >= 0.6 is 23.5 Å². The van der Waals surface area contributed by atoms with Gasteiger partial charge < -0.3 is 4.74 Å². The van der Waals surface area contributed by atoms with Crippen LogP contribution in [0.25, 0.3) is 0 Å². The first-order valence-corrected chi connectivity index (χ1v) is 8.51. The highest BCUT2D eigenvalue weighted by atomic mass is 32.2. The van der Waals surface area contributed by atoms with Crippen LogP contribution in [-0.4, -0.2) is 45.9 Å². The minimum Gasteiger partial charge on any atom is -0.466 e. The van der Waals surface area contributed by atoms with Crippen molar-refractivity contribution < 1.29 is 19.1 Å². The van der Waals surface area contributed by atoms with Crippen molar-refractivity contribution in [3.05, 3.63) is 11.0 Å². The molecule has 0 aromatic carbocycles. The first-order valence-electron chi connectivity index (χ1n) is 6.69. The average molecular weight is 328 g/mol. The maximum absolute atomic E-state index is 12.7. The number of fused-ring (bicyclic) bond motifs is 2. The fourth-order valence-electron chi connectivity index (χ4n) is 2.84. The zero-order chi connectivity index (χ0) is 15.3. The lowest BCUT2D eigenvalue weighted by Gasteiger charge is -2.36. The van der Waals surface area contributed by atoms with Crippen LogP contribution in [0.3, 0.4) is 0 Å². The van der Waals surface area contributed by atoms with Gasteiger partial charge in [0, 0.05) is 11.3 Å². The first kappa shape index (κ1) is 14.9. The van der Waals surface area contributed by atoms with Crippen molar-refractivity contribution >= 4 is 41.3 Å². The van der Waals surface area contributed by atoms with Crippen LogP contribution in [-0.2, 0) is 19.1 Å². The number of nitrogens with zero attached hydrogens (tertiary/aromatic N) is 1. The number of carbonyl (C=O) groups excluding carboxylic acids is 3. The van der Waals surface area contributed by atoms with Gasteiger partial charge in [0.25, 0.3) is 5.91 Å². The number of amides is 2. The molecule has 0 saturated carbocycles. The summed E-state index contributed by atoms with van der Waals surface area (Å²) in [6, 6.07) is 0. The maximum Gasteiger partial charge on any atom is 0.331 e. The van der Waals surface area contributed by atoms with Crippen molar-refractivity contribution in [2.75, 3.05) is 7.11 Å². The zero-order valence-electron chi connectivity index (χ0n) is 11.9. The van der Waals surface area contributed by atoms with Gasteiger partial charge in [-0.05, 0) is 5.92 Å². The van der Waals surface area contributed by atoms with Crippen molar-refractivity contribution in [1.29, 1.82) is 0 Å². The van der Waals surface area contributed by atoms with Gasteiger partial charge in [-0.15, -0.1) is 11.8 Å². The molecule has 0 radical (unpaired) electrons. The Morgan fingerprint density at radius 2 is 2.10 bits per heavy atom. The molecule has 3 fully saturated rings. The fraction of sp³-hybridized carbons (Fsp3) is 0.615. The molecule has 3 heterocycles. The highest BCUT2D eigenvalue weighted by Gasteiger charge is 2.55. The van der Waals surface area contributed by atoms with E-state index in [1.807, 2.05) is 6.92 Å². The van der Waals surface area contributed by atoms with E-state index >= 15 is 0 Å². The topological polar surface area (TPSA) is 75.7 Å². The second kappa shape index (κ2) is 5.33. The van der Waals surface area contributed by atoms with E-state index in [1.165, 1.54) is 23.8 Å². The van der Waals surface area contributed by atoms with Crippen LogP contribution in [0.5, 0.6) is 0 Å². The second-order valence-corrected chi connectivity index (χ2v) is 7.97. The molecule has 0 aromatic rings. The molecule has 0 aromatic heterocycles. The van der Waals surface area contributed by atoms with Gasteiger partial charge in [0.15, 0.2) is 0 Å². The van der Waals surface area contributed by atoms with Crippen LogP contribution in [0.2, 0.25) is 0 Å². The van der Waals surface area contributed by atoms with Gasteiger partial charge in [0.1, 0.15) is 5.50 Å². The van der Waals surface area contributed by atoms with E-state index in [4.69, 9.17) is 0 Å². The molecule has 3 rings (SSSR count). The third-order valence-corrected chi connectivity index (χ3v) is 6.87. The SMILES string of the molecule is COC(=O)/C=C1\SC2NC3SC(C)C(C)C3C(=O)N2C1=O. The number of ether oxygens (including phenoxy) is 1. The van der Waals surface area contributed by atoms with E-state index in [0.717, 1.165) is 6.08 Å². The molecule has 21 heavy (non-hydrogen) atoms. The van der Waals surface area contributed by atoms with E-state index in [2.05, 4.69) is 17.0 Å². The molecule has 5 atom stereocenters. The van der Waals surface area contributed by atoms with Crippen LogP contribution < -0.4 is 5.32 Å². The van der Waals surface area contributed by atoms with E-state index in [1.54, 1.807) is 11.8 Å². The molecule has 3 saturated heterocycles. The Hall–Kier alpha value is -0.990. The Morgan fingerprint density at radius 1 is 1.38 bits per heavy atom. The lowest BCUT2D eigenvalue weighted by atomic mass is 9.89. The molecule has 0 aliphatic carbocycles. The lowest BCUT2D eigenvalue weighted by molar-refractivity contribution is -0.150. The highest BCUT2D eigenvalue weighted by Crippen LogP contribution is 2.48. The van der Waals surface area contributed by atoms with E-state index < -0.39 is 17.4 Å². The molecule has 0 spiro atoms. The van der Waals surface area contributed by atoms with Gasteiger partial charge in [0.05, 0.1) is 23.3 Å². The summed E-state index contributed by atoms with van der Waals surface area (Å²) < 4.78 is 4.54. The third-order valence-electron chi connectivity index (χ3n) is 4.18. The van der Waals surface area contributed by atoms with Gasteiger partial charge in [-0.2, -0.15) is 0 Å². The van der Waals surface area contributed by atoms with Crippen LogP contribution in [0, 0.1) is 11.8 Å². The number of rotatable bonds is 1. The average Bonchev–Trinajstić information content (AvgIpc) is 2.89. The van der Waals surface area contributed by atoms with Gasteiger partial charge in [0.2, 0.25) is 5.91 Å². The summed E-state index contributed by atoms with van der Waals surface area (Å²) in [5.74, 6) is -1.12. The summed E-state index contributed by atoms with van der Waals surface area (Å²) >= 11 is 2.93. The summed E-state index contributed by atoms with van der Waals surface area (Å²) in [4.78, 5) is 37.8. The molecule has 8 heteroatoms. The quantitative estimate of drug-likeness (QED) is 0.432. The monoisotopic (exact) mass is 328 g/mol. The normalized spacial score (nSPS) is 40.4. The molecule has 0 bridgehead atoms. The Kier molecular flexibility index (Phi) is 3.79. The van der Waals surface area contributed by atoms with E-state index in [9.17, 15) is 14.4 Å². The standard InChI is InChI=1S/C13H16N2O4S2/c1-5-6(2)20-10-9(5)12(18)15-11(17)7(4-8(16)19-3)21-13(15)14-10/h4-6,9-10,13-14H,1-3H3/b7-4-. The Morgan fingerprint density at radius 3 is 2.76 bits per heavy atom. The molecule has 2 amide bonds. The predicted molar refractivity (Wildman–Crippen MR) is 80.0 cm³/mol. The van der Waals surface area contributed by atoms with E-state index in [0.29, 0.717) is 5.25 Å². The molecule has 6 nitrogen and oxygen atoms in total. The summed E-state index contributed by atoms with van der Waals surface area (Å²) in [6.07, 6.45) is 1.15. The Balaban J connectivity index is 1.87. The highest BCUT2D eigenvalue weighted by molar-refractivity contribution is 8.05. The van der Waals surface area contributed by atoms with Crippen LogP contribution in [0.15, 0.2) is 11.0 Å². The first-order chi connectivity index (χ1) is 9.93. The molecule has 114 valence electrons. The number of thioether (sulfide) groups is 2. The van der Waals surface area contributed by atoms with Crippen molar-refractivity contribution in [3.8, 4) is 0 Å². The minimum absolute atomic E-state index is 0.0292. The van der Waals surface area contributed by atoms with Crippen molar-refractivity contribution in [1.82, 2.24) is 10.2 Å². The molecular weight excluding hydrogens is 312 g/mol. The third kappa shape index (κ3) is 2.29. The van der Waals surface area contributed by atoms with Crippen LogP contribution in [0.1, 0.15) is 13.8 Å². The Bertz CT molecular complexity index is 550. The number of nitrogens with one attached hydrogen (secondary N) is 1. The largest absolute Gasteiger partial charge is 0.466 e. The van der Waals surface area contributed by atoms with E-state index in [-0.39, 0.29) is 28.0 Å². The van der Waals surface area contributed by atoms with Crippen molar-refractivity contribution in [2.45, 2.75) is 30.0 Å². The summed E-state index contributed by atoms with van der Waals surface area (Å²) in [5.41, 5.74) is -0.424. The van der Waals surface area contributed by atoms with Gasteiger partial charge >= 0.3 is 5.97 Å². The zero-order valence-corrected chi connectivity index (χ0v) is 13.5. The smallest absolute Gasteiger partial charge is 0.331 e. The van der Waals surface area contributed by atoms with Gasteiger partial charge in [-0.1, -0.05) is 25.6 Å². The number of carbonyl (C=O) groups is 3. The molecule has 3 aliphatic heterocycles. The molecule has 5 unspecified atom stereocenters. The molecule has 1 N–H and O–H groups in total. The Labute approximate surface area is 131 Å². The number of esters is 1. The van der Waals surface area contributed by atoms with Crippen molar-refractivity contribution in [2.24, 2.45) is 11.8 Å². The fourth-order valence-corrected chi connectivity index (χ4v) is 5.67. The van der Waals surface area contributed by atoms with Gasteiger partial charge in [-0.25, -0.2) is 4.79 Å².